The van der Waals surface area contributed by atoms with E-state index in [9.17, 15) is 14.9 Å². The van der Waals surface area contributed by atoms with Gasteiger partial charge in [-0.3, -0.25) is 9.59 Å². The molecule has 7 heteroatoms. The van der Waals surface area contributed by atoms with Crippen LogP contribution in [0, 0.1) is 11.3 Å². The van der Waals surface area contributed by atoms with E-state index in [-0.39, 0.29) is 30.0 Å². The number of ether oxygens (including phenoxy) is 1. The van der Waals surface area contributed by atoms with Crippen LogP contribution in [0.15, 0.2) is 36.0 Å². The lowest BCUT2D eigenvalue weighted by Gasteiger charge is -2.15. The number of amides is 2. The van der Waals surface area contributed by atoms with E-state index in [0.717, 1.165) is 48.6 Å². The van der Waals surface area contributed by atoms with Crippen molar-refractivity contribution in [3.05, 3.63) is 41.6 Å². The number of hydrogen-bond acceptors (Lipinski definition) is 4. The lowest BCUT2D eigenvalue weighted by molar-refractivity contribution is -0.121. The van der Waals surface area contributed by atoms with Crippen LogP contribution in [0.4, 0.5) is 0 Å². The van der Waals surface area contributed by atoms with Crippen LogP contribution >= 0.6 is 0 Å². The Morgan fingerprint density at radius 2 is 1.97 bits per heavy atom. The number of nitrogens with zero attached hydrogens (tertiary/aromatic N) is 2. The Morgan fingerprint density at radius 1 is 1.22 bits per heavy atom. The second-order valence-corrected chi connectivity index (χ2v) is 8.26. The van der Waals surface area contributed by atoms with Crippen LogP contribution in [0.1, 0.15) is 50.5 Å². The van der Waals surface area contributed by atoms with Crippen molar-refractivity contribution in [2.45, 2.75) is 57.5 Å². The first-order valence-electron chi connectivity index (χ1n) is 11.4. The Hall–Kier alpha value is -3.11. The summed E-state index contributed by atoms with van der Waals surface area (Å²) in [6.45, 7) is 1.32. The lowest BCUT2D eigenvalue weighted by Crippen LogP contribution is -2.35. The topological polar surface area (TPSA) is 96.2 Å². The number of nitriles is 1. The second kappa shape index (κ2) is 12.1. The summed E-state index contributed by atoms with van der Waals surface area (Å²) in [6, 6.07) is 9.88. The molecule has 0 saturated heterocycles. The fourth-order valence-electron chi connectivity index (χ4n) is 4.17. The average Bonchev–Trinajstić information content (AvgIpc) is 2.95. The highest BCUT2D eigenvalue weighted by Crippen LogP contribution is 2.24. The van der Waals surface area contributed by atoms with Gasteiger partial charge in [-0.05, 0) is 31.4 Å². The van der Waals surface area contributed by atoms with Crippen LogP contribution in [-0.4, -0.2) is 42.7 Å². The third kappa shape index (κ3) is 6.44. The highest BCUT2D eigenvalue weighted by atomic mass is 16.5. The largest absolute Gasteiger partial charge is 0.385 e. The van der Waals surface area contributed by atoms with Crippen LogP contribution in [0.3, 0.4) is 0 Å². The molecule has 2 N–H and O–H groups in total. The Balaban J connectivity index is 1.76. The van der Waals surface area contributed by atoms with Gasteiger partial charge in [-0.15, -0.1) is 0 Å². The maximum Gasteiger partial charge on any atom is 0.262 e. The molecule has 1 saturated carbocycles. The molecule has 3 rings (SSSR count). The summed E-state index contributed by atoms with van der Waals surface area (Å²) in [7, 11) is 1.63. The molecule has 0 bridgehead atoms. The monoisotopic (exact) mass is 436 g/mol. The zero-order valence-corrected chi connectivity index (χ0v) is 18.7. The zero-order chi connectivity index (χ0) is 22.8. The van der Waals surface area contributed by atoms with Gasteiger partial charge in [-0.2, -0.15) is 5.26 Å². The molecule has 1 aliphatic rings. The van der Waals surface area contributed by atoms with Crippen molar-refractivity contribution in [1.29, 1.82) is 5.26 Å². The highest BCUT2D eigenvalue weighted by molar-refractivity contribution is 6.04. The van der Waals surface area contributed by atoms with Gasteiger partial charge >= 0.3 is 0 Å². The Labute approximate surface area is 189 Å². The predicted molar refractivity (Wildman–Crippen MR) is 125 cm³/mol. The number of methoxy groups -OCH3 is 1. The third-order valence-electron chi connectivity index (χ3n) is 5.84. The zero-order valence-electron chi connectivity index (χ0n) is 18.7. The molecule has 0 unspecified atom stereocenters. The van der Waals surface area contributed by atoms with Crippen molar-refractivity contribution < 1.29 is 14.3 Å². The molecule has 0 atom stereocenters. The number of fused-ring (bicyclic) bond motifs is 1. The molecule has 1 heterocycles. The molecule has 170 valence electrons. The van der Waals surface area contributed by atoms with Crippen LogP contribution in [0.25, 0.3) is 17.0 Å². The lowest BCUT2D eigenvalue weighted by atomic mass is 10.1. The van der Waals surface area contributed by atoms with E-state index in [2.05, 4.69) is 16.7 Å². The van der Waals surface area contributed by atoms with Crippen LogP contribution in [0.2, 0.25) is 0 Å². The first-order valence-corrected chi connectivity index (χ1v) is 11.4. The number of hydrogen-bond donors (Lipinski definition) is 2. The van der Waals surface area contributed by atoms with E-state index >= 15 is 0 Å². The van der Waals surface area contributed by atoms with Crippen LogP contribution < -0.4 is 10.6 Å². The van der Waals surface area contributed by atoms with Gasteiger partial charge in [0.15, 0.2) is 0 Å². The van der Waals surface area contributed by atoms with Gasteiger partial charge in [0.2, 0.25) is 5.91 Å². The molecule has 1 aliphatic carbocycles. The normalized spacial score (nSPS) is 15.2. The first kappa shape index (κ1) is 23.6. The summed E-state index contributed by atoms with van der Waals surface area (Å²) in [6.07, 6.45) is 10.8. The van der Waals surface area contributed by atoms with Crippen molar-refractivity contribution in [2.24, 2.45) is 0 Å². The molecular weight excluding hydrogens is 404 g/mol. The molecule has 32 heavy (non-hydrogen) atoms. The van der Waals surface area contributed by atoms with Gasteiger partial charge in [0.05, 0.1) is 0 Å². The number of para-hydroxylation sites is 1. The van der Waals surface area contributed by atoms with E-state index in [0.29, 0.717) is 13.2 Å². The van der Waals surface area contributed by atoms with Crippen molar-refractivity contribution in [3.8, 4) is 6.07 Å². The number of carbonyl (C=O) groups is 2. The molecule has 0 aliphatic heterocycles. The number of nitrogens with one attached hydrogen (secondary N) is 2. The number of aromatic nitrogens is 1. The maximum absolute atomic E-state index is 12.8. The minimum Gasteiger partial charge on any atom is -0.385 e. The van der Waals surface area contributed by atoms with Gasteiger partial charge in [0.25, 0.3) is 5.91 Å². The van der Waals surface area contributed by atoms with Gasteiger partial charge < -0.3 is 19.9 Å². The SMILES string of the molecule is COCCCNC(=O)Cn1cc(C=C(C#N)C(=O)NC2CCCCCC2)c2ccccc21. The fraction of sp³-hybridized carbons (Fsp3) is 0.480. The highest BCUT2D eigenvalue weighted by Gasteiger charge is 2.18. The van der Waals surface area contributed by atoms with Gasteiger partial charge in [-0.25, -0.2) is 0 Å². The van der Waals surface area contributed by atoms with Crippen molar-refractivity contribution >= 4 is 28.8 Å². The Kier molecular flexibility index (Phi) is 8.88. The second-order valence-electron chi connectivity index (χ2n) is 8.26. The standard InChI is InChI=1S/C25H32N4O3/c1-32-14-8-13-27-24(30)18-29-17-20(22-11-6-7-12-23(22)29)15-19(16-26)25(31)28-21-9-4-2-3-5-10-21/h6-7,11-12,15,17,21H,2-5,8-10,13-14,18H2,1H3,(H,27,30)(H,28,31). The molecule has 2 amide bonds. The van der Waals surface area contributed by atoms with Crippen molar-refractivity contribution in [3.63, 3.8) is 0 Å². The number of rotatable bonds is 9. The molecule has 1 fully saturated rings. The minimum atomic E-state index is -0.327. The number of carbonyl (C=O) groups excluding carboxylic acids is 2. The van der Waals surface area contributed by atoms with E-state index in [1.54, 1.807) is 13.2 Å². The summed E-state index contributed by atoms with van der Waals surface area (Å²) in [5.74, 6) is -0.420. The summed E-state index contributed by atoms with van der Waals surface area (Å²) in [5.41, 5.74) is 1.72. The molecule has 0 radical (unpaired) electrons. The smallest absolute Gasteiger partial charge is 0.262 e. The first-order chi connectivity index (χ1) is 15.6. The van der Waals surface area contributed by atoms with E-state index in [4.69, 9.17) is 4.74 Å². The third-order valence-corrected chi connectivity index (χ3v) is 5.84. The summed E-state index contributed by atoms with van der Waals surface area (Å²) in [4.78, 5) is 25.1. The molecule has 0 spiro atoms. The minimum absolute atomic E-state index is 0.0844. The Morgan fingerprint density at radius 3 is 2.69 bits per heavy atom. The van der Waals surface area contributed by atoms with Gasteiger partial charge in [0, 0.05) is 49.0 Å². The Bertz CT molecular complexity index is 994. The summed E-state index contributed by atoms with van der Waals surface area (Å²) in [5, 5.41) is 16.5. The molecule has 1 aromatic heterocycles. The average molecular weight is 437 g/mol. The van der Waals surface area contributed by atoms with Crippen molar-refractivity contribution in [2.75, 3.05) is 20.3 Å². The molecule has 7 nitrogen and oxygen atoms in total. The summed E-state index contributed by atoms with van der Waals surface area (Å²) >= 11 is 0. The van der Waals surface area contributed by atoms with E-state index in [1.807, 2.05) is 35.0 Å². The van der Waals surface area contributed by atoms with E-state index < -0.39 is 0 Å². The predicted octanol–water partition coefficient (Wildman–Crippen LogP) is 3.54. The van der Waals surface area contributed by atoms with Gasteiger partial charge in [-0.1, -0.05) is 43.9 Å². The molecular formula is C25H32N4O3. The summed E-state index contributed by atoms with van der Waals surface area (Å²) < 4.78 is 6.85. The molecule has 1 aromatic carbocycles. The van der Waals surface area contributed by atoms with Crippen LogP contribution in [-0.2, 0) is 20.9 Å². The molecule has 2 aromatic rings. The quantitative estimate of drug-likeness (QED) is 0.272. The van der Waals surface area contributed by atoms with Crippen LogP contribution in [0.5, 0.6) is 0 Å². The fourth-order valence-corrected chi connectivity index (χ4v) is 4.17. The van der Waals surface area contributed by atoms with E-state index in [1.165, 1.54) is 12.8 Å². The van der Waals surface area contributed by atoms with Gasteiger partial charge in [0.1, 0.15) is 18.2 Å². The number of benzene rings is 1. The maximum atomic E-state index is 12.8. The van der Waals surface area contributed by atoms with Crippen molar-refractivity contribution in [1.82, 2.24) is 15.2 Å².